The molecular weight excluding hydrogens is 364 g/mol. The summed E-state index contributed by atoms with van der Waals surface area (Å²) in [4.78, 5) is 19.6. The molecule has 2 aromatic carbocycles. The molecule has 1 heterocycles. The number of nitrogens with zero attached hydrogens (tertiary/aromatic N) is 2. The van der Waals surface area contributed by atoms with Gasteiger partial charge < -0.3 is 14.2 Å². The van der Waals surface area contributed by atoms with Crippen LogP contribution in [0.15, 0.2) is 30.3 Å². The van der Waals surface area contributed by atoms with Crippen molar-refractivity contribution in [2.75, 3.05) is 32.8 Å². The third-order valence-electron chi connectivity index (χ3n) is 4.31. The Bertz CT molecular complexity index is 958. The third-order valence-corrected chi connectivity index (χ3v) is 5.36. The second-order valence-electron chi connectivity index (χ2n) is 5.88. The van der Waals surface area contributed by atoms with Crippen LogP contribution in [0.3, 0.4) is 0 Å². The first-order chi connectivity index (χ1) is 13.0. The van der Waals surface area contributed by atoms with E-state index < -0.39 is 0 Å². The van der Waals surface area contributed by atoms with Gasteiger partial charge in [-0.1, -0.05) is 23.5 Å². The zero-order valence-corrected chi connectivity index (χ0v) is 16.8. The average molecular weight is 386 g/mol. The molecule has 0 saturated carbocycles. The maximum absolute atomic E-state index is 13.2. The van der Waals surface area contributed by atoms with Crippen molar-refractivity contribution in [1.29, 1.82) is 0 Å². The highest BCUT2D eigenvalue weighted by atomic mass is 32.1. The molecule has 0 N–H and O–H groups in total. The first kappa shape index (κ1) is 19.0. The number of aromatic nitrogens is 1. The number of rotatable bonds is 6. The van der Waals surface area contributed by atoms with Crippen LogP contribution in [0.4, 0.5) is 5.13 Å². The fraction of sp³-hybridized carbons (Fsp3) is 0.300. The largest absolute Gasteiger partial charge is 0.493 e. The predicted octanol–water partition coefficient (Wildman–Crippen LogP) is 4.30. The minimum Gasteiger partial charge on any atom is -0.493 e. The number of carbonyl (C=O) groups is 1. The number of fused-ring (bicyclic) bond motifs is 1. The van der Waals surface area contributed by atoms with E-state index in [0.717, 1.165) is 15.8 Å². The lowest BCUT2D eigenvalue weighted by Gasteiger charge is -2.19. The van der Waals surface area contributed by atoms with E-state index in [0.29, 0.717) is 34.5 Å². The standard InChI is InChI=1S/C20H22N2O4S/c1-6-22(20-21-17-12(2)8-7-9-16(17)27-20)19(23)13-10-14(24-3)18(26-5)15(11-13)25-4/h7-11H,6H2,1-5H3. The van der Waals surface area contributed by atoms with E-state index in [1.165, 1.54) is 32.7 Å². The van der Waals surface area contributed by atoms with Gasteiger partial charge in [0.1, 0.15) is 0 Å². The van der Waals surface area contributed by atoms with E-state index in [1.54, 1.807) is 17.0 Å². The summed E-state index contributed by atoms with van der Waals surface area (Å²) in [5.74, 6) is 1.16. The summed E-state index contributed by atoms with van der Waals surface area (Å²) in [6.45, 7) is 4.44. The molecule has 0 atom stereocenters. The zero-order valence-electron chi connectivity index (χ0n) is 16.0. The van der Waals surface area contributed by atoms with E-state index in [9.17, 15) is 4.79 Å². The number of para-hydroxylation sites is 1. The molecule has 7 heteroatoms. The fourth-order valence-electron chi connectivity index (χ4n) is 2.92. The van der Waals surface area contributed by atoms with E-state index in [1.807, 2.05) is 32.0 Å². The Morgan fingerprint density at radius 2 is 1.78 bits per heavy atom. The van der Waals surface area contributed by atoms with Crippen LogP contribution in [0.5, 0.6) is 17.2 Å². The van der Waals surface area contributed by atoms with Crippen molar-refractivity contribution in [3.8, 4) is 17.2 Å². The van der Waals surface area contributed by atoms with Crippen LogP contribution in [0, 0.1) is 6.92 Å². The van der Waals surface area contributed by atoms with Crippen LogP contribution < -0.4 is 19.1 Å². The number of methoxy groups -OCH3 is 3. The van der Waals surface area contributed by atoms with Crippen molar-refractivity contribution in [2.24, 2.45) is 0 Å². The highest BCUT2D eigenvalue weighted by Crippen LogP contribution is 2.39. The summed E-state index contributed by atoms with van der Waals surface area (Å²) in [5, 5.41) is 0.667. The number of hydrogen-bond acceptors (Lipinski definition) is 6. The van der Waals surface area contributed by atoms with E-state index in [4.69, 9.17) is 14.2 Å². The number of aryl methyl sites for hydroxylation is 1. The van der Waals surface area contributed by atoms with E-state index in [2.05, 4.69) is 4.98 Å². The van der Waals surface area contributed by atoms with Gasteiger partial charge in [0.05, 0.1) is 31.5 Å². The number of anilines is 1. The maximum atomic E-state index is 13.2. The SMILES string of the molecule is CCN(C(=O)c1cc(OC)c(OC)c(OC)c1)c1nc2c(C)cccc2s1. The normalized spacial score (nSPS) is 10.7. The summed E-state index contributed by atoms with van der Waals surface area (Å²) < 4.78 is 17.1. The summed E-state index contributed by atoms with van der Waals surface area (Å²) in [6.07, 6.45) is 0. The first-order valence-electron chi connectivity index (χ1n) is 8.52. The minimum absolute atomic E-state index is 0.173. The second-order valence-corrected chi connectivity index (χ2v) is 6.89. The molecule has 0 aliphatic heterocycles. The molecule has 1 aromatic heterocycles. The minimum atomic E-state index is -0.173. The number of benzene rings is 2. The van der Waals surface area contributed by atoms with Crippen LogP contribution in [0.25, 0.3) is 10.2 Å². The van der Waals surface area contributed by atoms with Gasteiger partial charge in [0, 0.05) is 12.1 Å². The van der Waals surface area contributed by atoms with Gasteiger partial charge in [-0.15, -0.1) is 0 Å². The van der Waals surface area contributed by atoms with Crippen molar-refractivity contribution in [2.45, 2.75) is 13.8 Å². The Hall–Kier alpha value is -2.80. The molecule has 3 aromatic rings. The van der Waals surface area contributed by atoms with Crippen molar-refractivity contribution >= 4 is 32.6 Å². The highest BCUT2D eigenvalue weighted by Gasteiger charge is 2.23. The second kappa shape index (κ2) is 7.84. The van der Waals surface area contributed by atoms with Gasteiger partial charge in [0.15, 0.2) is 16.6 Å². The molecule has 6 nitrogen and oxygen atoms in total. The van der Waals surface area contributed by atoms with Crippen molar-refractivity contribution in [1.82, 2.24) is 4.98 Å². The number of ether oxygens (including phenoxy) is 3. The quantitative estimate of drug-likeness (QED) is 0.632. The molecule has 0 unspecified atom stereocenters. The Morgan fingerprint density at radius 1 is 1.11 bits per heavy atom. The molecule has 27 heavy (non-hydrogen) atoms. The number of hydrogen-bond donors (Lipinski definition) is 0. The molecule has 0 fully saturated rings. The van der Waals surface area contributed by atoms with Gasteiger partial charge in [0.2, 0.25) is 5.75 Å². The maximum Gasteiger partial charge on any atom is 0.260 e. The Labute approximate surface area is 162 Å². The first-order valence-corrected chi connectivity index (χ1v) is 9.33. The molecule has 3 rings (SSSR count). The fourth-order valence-corrected chi connectivity index (χ4v) is 4.02. The van der Waals surface area contributed by atoms with Crippen LogP contribution in [0.2, 0.25) is 0 Å². The lowest BCUT2D eigenvalue weighted by Crippen LogP contribution is -2.30. The molecule has 0 bridgehead atoms. The van der Waals surface area contributed by atoms with Crippen molar-refractivity contribution in [3.05, 3.63) is 41.5 Å². The van der Waals surface area contributed by atoms with Crippen LogP contribution >= 0.6 is 11.3 Å². The van der Waals surface area contributed by atoms with Crippen molar-refractivity contribution < 1.29 is 19.0 Å². The molecule has 0 saturated heterocycles. The summed E-state index contributed by atoms with van der Waals surface area (Å²) >= 11 is 1.50. The zero-order chi connectivity index (χ0) is 19.6. The molecule has 0 aliphatic carbocycles. The lowest BCUT2D eigenvalue weighted by molar-refractivity contribution is 0.0987. The van der Waals surface area contributed by atoms with Crippen LogP contribution in [0.1, 0.15) is 22.8 Å². The number of thiazole rings is 1. The Balaban J connectivity index is 2.05. The number of carbonyl (C=O) groups excluding carboxylic acids is 1. The molecule has 0 radical (unpaired) electrons. The van der Waals surface area contributed by atoms with E-state index >= 15 is 0 Å². The average Bonchev–Trinajstić information content (AvgIpc) is 3.12. The van der Waals surface area contributed by atoms with Gasteiger partial charge in [-0.3, -0.25) is 9.69 Å². The van der Waals surface area contributed by atoms with Crippen LogP contribution in [-0.4, -0.2) is 38.8 Å². The van der Waals surface area contributed by atoms with Crippen molar-refractivity contribution in [3.63, 3.8) is 0 Å². The van der Waals surface area contributed by atoms with Gasteiger partial charge in [0.25, 0.3) is 5.91 Å². The molecular formula is C20H22N2O4S. The summed E-state index contributed by atoms with van der Waals surface area (Å²) in [5.41, 5.74) is 2.46. The van der Waals surface area contributed by atoms with Gasteiger partial charge in [-0.25, -0.2) is 4.98 Å². The van der Waals surface area contributed by atoms with E-state index in [-0.39, 0.29) is 5.91 Å². The van der Waals surface area contributed by atoms with Gasteiger partial charge in [-0.2, -0.15) is 0 Å². The Morgan fingerprint density at radius 3 is 2.30 bits per heavy atom. The Kier molecular flexibility index (Phi) is 5.51. The third kappa shape index (κ3) is 3.42. The van der Waals surface area contributed by atoms with Crippen LogP contribution in [-0.2, 0) is 0 Å². The topological polar surface area (TPSA) is 60.9 Å². The monoisotopic (exact) mass is 386 g/mol. The van der Waals surface area contributed by atoms with Gasteiger partial charge in [-0.05, 0) is 37.6 Å². The smallest absolute Gasteiger partial charge is 0.260 e. The molecule has 0 aliphatic rings. The summed E-state index contributed by atoms with van der Waals surface area (Å²) in [7, 11) is 4.59. The molecule has 142 valence electrons. The lowest BCUT2D eigenvalue weighted by atomic mass is 10.1. The predicted molar refractivity (Wildman–Crippen MR) is 108 cm³/mol. The highest BCUT2D eigenvalue weighted by molar-refractivity contribution is 7.22. The molecule has 0 spiro atoms. The molecule has 1 amide bonds. The summed E-state index contributed by atoms with van der Waals surface area (Å²) in [6, 6.07) is 9.34. The number of amides is 1. The van der Waals surface area contributed by atoms with Gasteiger partial charge >= 0.3 is 0 Å².